The van der Waals surface area contributed by atoms with Crippen LogP contribution in [0.4, 0.5) is 4.39 Å². The van der Waals surface area contributed by atoms with E-state index in [2.05, 4.69) is 20.5 Å². The van der Waals surface area contributed by atoms with Crippen LogP contribution in [0.2, 0.25) is 0 Å². The average molecular weight is 229 g/mol. The summed E-state index contributed by atoms with van der Waals surface area (Å²) < 4.78 is 14.6. The zero-order valence-corrected chi connectivity index (χ0v) is 8.71. The first kappa shape index (κ1) is 9.71. The molecule has 17 heavy (non-hydrogen) atoms. The maximum absolute atomic E-state index is 13.1. The number of hydrogen-bond acceptors (Lipinski definition) is 3. The van der Waals surface area contributed by atoms with Gasteiger partial charge in [-0.3, -0.25) is 5.10 Å². The van der Waals surface area contributed by atoms with Crippen LogP contribution in [0.5, 0.6) is 0 Å². The first-order chi connectivity index (χ1) is 8.33. The van der Waals surface area contributed by atoms with Gasteiger partial charge in [-0.15, -0.1) is 5.10 Å². The Kier molecular flexibility index (Phi) is 2.18. The topological polar surface area (TPSA) is 59.4 Å². The second-order valence-electron chi connectivity index (χ2n) is 3.50. The summed E-state index contributed by atoms with van der Waals surface area (Å²) in [6.07, 6.45) is 3.35. The Balaban J connectivity index is 2.01. The smallest absolute Gasteiger partial charge is 0.131 e. The fourth-order valence-electron chi connectivity index (χ4n) is 1.53. The van der Waals surface area contributed by atoms with Gasteiger partial charge in [0.1, 0.15) is 11.5 Å². The standard InChI is InChI=1S/C11H8FN5/c12-8-2-1-3-9(6-8)17-7-11(15-16-17)10-4-5-13-14-10/h1-7H,(H,13,14). The molecule has 0 aliphatic carbocycles. The summed E-state index contributed by atoms with van der Waals surface area (Å²) in [4.78, 5) is 0. The molecule has 1 N–H and O–H groups in total. The van der Waals surface area contributed by atoms with Crippen LogP contribution in [-0.4, -0.2) is 25.2 Å². The molecule has 3 rings (SSSR count). The molecule has 3 aromatic rings. The van der Waals surface area contributed by atoms with Crippen molar-refractivity contribution < 1.29 is 4.39 Å². The molecule has 0 bridgehead atoms. The second-order valence-corrected chi connectivity index (χ2v) is 3.50. The van der Waals surface area contributed by atoms with Gasteiger partial charge in [-0.25, -0.2) is 9.07 Å². The summed E-state index contributed by atoms with van der Waals surface area (Å²) in [6.45, 7) is 0. The molecule has 0 atom stereocenters. The molecule has 0 spiro atoms. The number of aromatic nitrogens is 5. The van der Waals surface area contributed by atoms with E-state index in [-0.39, 0.29) is 5.82 Å². The third-order valence-electron chi connectivity index (χ3n) is 2.34. The Morgan fingerprint density at radius 3 is 2.94 bits per heavy atom. The van der Waals surface area contributed by atoms with Gasteiger partial charge < -0.3 is 0 Å². The normalized spacial score (nSPS) is 10.6. The minimum absolute atomic E-state index is 0.305. The van der Waals surface area contributed by atoms with Crippen molar-refractivity contribution in [2.75, 3.05) is 0 Å². The molecule has 0 radical (unpaired) electrons. The van der Waals surface area contributed by atoms with E-state index in [1.807, 2.05) is 0 Å². The first-order valence-electron chi connectivity index (χ1n) is 5.01. The van der Waals surface area contributed by atoms with E-state index in [4.69, 9.17) is 0 Å². The Labute approximate surface area is 95.9 Å². The van der Waals surface area contributed by atoms with Crippen molar-refractivity contribution in [3.05, 3.63) is 48.5 Å². The Bertz CT molecular complexity index is 629. The highest BCUT2D eigenvalue weighted by Gasteiger charge is 2.06. The Morgan fingerprint density at radius 2 is 2.18 bits per heavy atom. The fourth-order valence-corrected chi connectivity index (χ4v) is 1.53. The van der Waals surface area contributed by atoms with Gasteiger partial charge in [-0.1, -0.05) is 11.3 Å². The zero-order chi connectivity index (χ0) is 11.7. The molecule has 0 unspecified atom stereocenters. The monoisotopic (exact) mass is 229 g/mol. The molecule has 0 saturated carbocycles. The highest BCUT2D eigenvalue weighted by Crippen LogP contribution is 2.14. The molecular weight excluding hydrogens is 221 g/mol. The van der Waals surface area contributed by atoms with Crippen LogP contribution in [0.3, 0.4) is 0 Å². The fraction of sp³-hybridized carbons (Fsp3) is 0. The number of rotatable bonds is 2. The average Bonchev–Trinajstić information content (AvgIpc) is 3.00. The van der Waals surface area contributed by atoms with Gasteiger partial charge in [0.05, 0.1) is 17.6 Å². The van der Waals surface area contributed by atoms with Gasteiger partial charge in [-0.2, -0.15) is 5.10 Å². The van der Waals surface area contributed by atoms with Crippen molar-refractivity contribution in [2.45, 2.75) is 0 Å². The number of aromatic amines is 1. The molecule has 5 nitrogen and oxygen atoms in total. The molecule has 0 saturated heterocycles. The maximum atomic E-state index is 13.1. The molecule has 0 aliphatic rings. The number of halogens is 1. The molecule has 0 fully saturated rings. The second kappa shape index (κ2) is 3.82. The van der Waals surface area contributed by atoms with E-state index >= 15 is 0 Å². The van der Waals surface area contributed by atoms with Gasteiger partial charge in [0.15, 0.2) is 0 Å². The zero-order valence-electron chi connectivity index (χ0n) is 8.71. The van der Waals surface area contributed by atoms with E-state index in [0.29, 0.717) is 11.4 Å². The van der Waals surface area contributed by atoms with Crippen LogP contribution in [-0.2, 0) is 0 Å². The van der Waals surface area contributed by atoms with Crippen molar-refractivity contribution in [1.82, 2.24) is 25.2 Å². The van der Waals surface area contributed by atoms with Crippen LogP contribution in [0, 0.1) is 5.82 Å². The van der Waals surface area contributed by atoms with E-state index < -0.39 is 0 Å². The van der Waals surface area contributed by atoms with Crippen molar-refractivity contribution in [3.8, 4) is 17.1 Å². The molecule has 2 heterocycles. The number of H-pyrrole nitrogens is 1. The van der Waals surface area contributed by atoms with Gasteiger partial charge >= 0.3 is 0 Å². The van der Waals surface area contributed by atoms with Crippen molar-refractivity contribution in [3.63, 3.8) is 0 Å². The van der Waals surface area contributed by atoms with Crippen LogP contribution in [0.25, 0.3) is 17.1 Å². The summed E-state index contributed by atoms with van der Waals surface area (Å²) in [7, 11) is 0. The molecule has 6 heteroatoms. The first-order valence-corrected chi connectivity index (χ1v) is 5.01. The van der Waals surface area contributed by atoms with E-state index in [1.165, 1.54) is 16.8 Å². The number of nitrogens with one attached hydrogen (secondary N) is 1. The third-order valence-corrected chi connectivity index (χ3v) is 2.34. The lowest BCUT2D eigenvalue weighted by Crippen LogP contribution is -1.94. The SMILES string of the molecule is Fc1cccc(-n2cc(-c3ccn[nH]3)nn2)c1. The summed E-state index contributed by atoms with van der Waals surface area (Å²) in [5.41, 5.74) is 2.06. The minimum atomic E-state index is -0.305. The summed E-state index contributed by atoms with van der Waals surface area (Å²) in [6, 6.07) is 7.96. The third kappa shape index (κ3) is 1.80. The van der Waals surface area contributed by atoms with Crippen LogP contribution in [0.15, 0.2) is 42.7 Å². The predicted octanol–water partition coefficient (Wildman–Crippen LogP) is 1.80. The van der Waals surface area contributed by atoms with Crippen LogP contribution < -0.4 is 0 Å². The quantitative estimate of drug-likeness (QED) is 0.728. The molecule has 1 aromatic carbocycles. The van der Waals surface area contributed by atoms with Crippen molar-refractivity contribution in [2.24, 2.45) is 0 Å². The predicted molar refractivity (Wildman–Crippen MR) is 58.9 cm³/mol. The molecule has 0 amide bonds. The summed E-state index contributed by atoms with van der Waals surface area (Å²) in [5.74, 6) is -0.305. The van der Waals surface area contributed by atoms with E-state index in [1.54, 1.807) is 30.6 Å². The molecule has 84 valence electrons. The largest absolute Gasteiger partial charge is 0.276 e. The van der Waals surface area contributed by atoms with E-state index in [0.717, 1.165) is 5.69 Å². The summed E-state index contributed by atoms with van der Waals surface area (Å²) >= 11 is 0. The lowest BCUT2D eigenvalue weighted by Gasteiger charge is -1.98. The highest BCUT2D eigenvalue weighted by molar-refractivity contribution is 5.51. The van der Waals surface area contributed by atoms with Crippen LogP contribution in [0.1, 0.15) is 0 Å². The minimum Gasteiger partial charge on any atom is -0.276 e. The Hall–Kier alpha value is -2.50. The van der Waals surface area contributed by atoms with E-state index in [9.17, 15) is 4.39 Å². The maximum Gasteiger partial charge on any atom is 0.131 e. The Morgan fingerprint density at radius 1 is 1.24 bits per heavy atom. The van der Waals surface area contributed by atoms with Gasteiger partial charge in [0, 0.05) is 6.20 Å². The van der Waals surface area contributed by atoms with Gasteiger partial charge in [-0.05, 0) is 24.3 Å². The number of benzene rings is 1. The van der Waals surface area contributed by atoms with Crippen molar-refractivity contribution >= 4 is 0 Å². The van der Waals surface area contributed by atoms with Crippen LogP contribution >= 0.6 is 0 Å². The lowest BCUT2D eigenvalue weighted by molar-refractivity contribution is 0.625. The van der Waals surface area contributed by atoms with Gasteiger partial charge in [0.25, 0.3) is 0 Å². The molecule has 2 aromatic heterocycles. The summed E-state index contributed by atoms with van der Waals surface area (Å²) in [5, 5.41) is 14.5. The molecular formula is C11H8FN5. The van der Waals surface area contributed by atoms with Gasteiger partial charge in [0.2, 0.25) is 0 Å². The number of hydrogen-bond donors (Lipinski definition) is 1. The van der Waals surface area contributed by atoms with Crippen molar-refractivity contribution in [1.29, 1.82) is 0 Å². The highest BCUT2D eigenvalue weighted by atomic mass is 19.1. The number of nitrogens with zero attached hydrogens (tertiary/aromatic N) is 4. The molecule has 0 aliphatic heterocycles. The lowest BCUT2D eigenvalue weighted by atomic mass is 10.3.